The normalized spacial score (nSPS) is 19.7. The molecule has 5 heteroatoms. The molecule has 0 bridgehead atoms. The van der Waals surface area contributed by atoms with Gasteiger partial charge in [0.2, 0.25) is 6.08 Å². The minimum absolute atomic E-state index is 0.265. The number of isocyanates is 1. The maximum Gasteiger partial charge on any atom is 0.235 e. The fraction of sp³-hybridized carbons (Fsp3) is 0.533. The highest BCUT2D eigenvalue weighted by atomic mass is 79.9. The van der Waals surface area contributed by atoms with Crippen LogP contribution in [0.3, 0.4) is 0 Å². The molecule has 0 atom stereocenters. The van der Waals surface area contributed by atoms with Crippen molar-refractivity contribution in [2.75, 3.05) is 7.11 Å². The highest BCUT2D eigenvalue weighted by Gasteiger charge is 2.43. The highest BCUT2D eigenvalue weighted by Crippen LogP contribution is 2.52. The van der Waals surface area contributed by atoms with Gasteiger partial charge >= 0.3 is 0 Å². The van der Waals surface area contributed by atoms with Gasteiger partial charge in [0, 0.05) is 10.0 Å². The molecule has 106 valence electrons. The molecule has 4 nitrogen and oxygen atoms in total. The Kier molecular flexibility index (Phi) is 3.57. The molecule has 2 aliphatic rings. The van der Waals surface area contributed by atoms with Crippen molar-refractivity contribution in [1.29, 1.82) is 0 Å². The molecule has 0 aromatic heterocycles. The largest absolute Gasteiger partial charge is 0.493 e. The van der Waals surface area contributed by atoms with Crippen LogP contribution in [0.5, 0.6) is 11.5 Å². The lowest BCUT2D eigenvalue weighted by Crippen LogP contribution is -2.32. The predicted molar refractivity (Wildman–Crippen MR) is 78.0 cm³/mol. The van der Waals surface area contributed by atoms with Gasteiger partial charge < -0.3 is 9.47 Å². The van der Waals surface area contributed by atoms with Crippen molar-refractivity contribution in [3.63, 3.8) is 0 Å². The average Bonchev–Trinajstić information content (AvgIpc) is 3.19. The lowest BCUT2D eigenvalue weighted by Gasteiger charge is -2.38. The summed E-state index contributed by atoms with van der Waals surface area (Å²) >= 11 is 3.49. The van der Waals surface area contributed by atoms with Crippen molar-refractivity contribution in [3.8, 4) is 11.5 Å². The van der Waals surface area contributed by atoms with Gasteiger partial charge in [-0.05, 0) is 44.2 Å². The predicted octanol–water partition coefficient (Wildman–Crippen LogP) is 3.71. The van der Waals surface area contributed by atoms with Gasteiger partial charge in [0.05, 0.1) is 13.2 Å². The van der Waals surface area contributed by atoms with Crippen molar-refractivity contribution in [2.45, 2.75) is 43.7 Å². The van der Waals surface area contributed by atoms with Crippen LogP contribution in [0.2, 0.25) is 0 Å². The topological polar surface area (TPSA) is 47.9 Å². The van der Waals surface area contributed by atoms with E-state index in [1.807, 2.05) is 12.1 Å². The van der Waals surface area contributed by atoms with Crippen molar-refractivity contribution in [1.82, 2.24) is 0 Å². The van der Waals surface area contributed by atoms with E-state index in [1.165, 1.54) is 0 Å². The molecule has 2 fully saturated rings. The standard InChI is InChI=1S/C15H16BrNO3/c1-19-13-8-10(16)7-12(14(13)20-11-3-4-11)15(17-9-18)5-2-6-15/h7-8,11H,2-6H2,1H3. The van der Waals surface area contributed by atoms with E-state index < -0.39 is 5.54 Å². The second-order valence-electron chi connectivity index (χ2n) is 5.39. The second-order valence-corrected chi connectivity index (χ2v) is 6.31. The molecule has 0 saturated heterocycles. The molecule has 0 amide bonds. The van der Waals surface area contributed by atoms with E-state index in [2.05, 4.69) is 20.9 Å². The number of halogens is 1. The number of carbonyl (C=O) groups excluding carboxylic acids is 1. The minimum Gasteiger partial charge on any atom is -0.493 e. The maximum absolute atomic E-state index is 10.8. The van der Waals surface area contributed by atoms with Crippen molar-refractivity contribution < 1.29 is 14.3 Å². The average molecular weight is 338 g/mol. The quantitative estimate of drug-likeness (QED) is 0.607. The zero-order chi connectivity index (χ0) is 14.2. The van der Waals surface area contributed by atoms with E-state index in [0.29, 0.717) is 5.75 Å². The Balaban J connectivity index is 2.11. The number of benzene rings is 1. The number of ether oxygens (including phenoxy) is 2. The fourth-order valence-electron chi connectivity index (χ4n) is 2.58. The first-order valence-electron chi connectivity index (χ1n) is 6.82. The zero-order valence-corrected chi connectivity index (χ0v) is 12.9. The van der Waals surface area contributed by atoms with Crippen molar-refractivity contribution in [3.05, 3.63) is 22.2 Å². The summed E-state index contributed by atoms with van der Waals surface area (Å²) in [5.74, 6) is 1.42. The third-order valence-corrected chi connectivity index (χ3v) is 4.45. The molecule has 2 aliphatic carbocycles. The summed E-state index contributed by atoms with van der Waals surface area (Å²) in [7, 11) is 1.63. The van der Waals surface area contributed by atoms with E-state index in [1.54, 1.807) is 13.2 Å². The Morgan fingerprint density at radius 1 is 1.40 bits per heavy atom. The van der Waals surface area contributed by atoms with Crippen molar-refractivity contribution in [2.24, 2.45) is 4.99 Å². The van der Waals surface area contributed by atoms with Gasteiger partial charge in [0.1, 0.15) is 5.54 Å². The first kappa shape index (κ1) is 13.7. The van der Waals surface area contributed by atoms with Crippen LogP contribution >= 0.6 is 15.9 Å². The summed E-state index contributed by atoms with van der Waals surface area (Å²) < 4.78 is 12.4. The third-order valence-electron chi connectivity index (χ3n) is 3.99. The van der Waals surface area contributed by atoms with E-state index >= 15 is 0 Å². The minimum atomic E-state index is -0.483. The molecular weight excluding hydrogens is 322 g/mol. The molecule has 0 spiro atoms. The van der Waals surface area contributed by atoms with Crippen LogP contribution in [-0.2, 0) is 10.3 Å². The van der Waals surface area contributed by atoms with Gasteiger partial charge in [-0.1, -0.05) is 15.9 Å². The van der Waals surface area contributed by atoms with Crippen LogP contribution in [0.1, 0.15) is 37.7 Å². The fourth-order valence-corrected chi connectivity index (χ4v) is 3.02. The molecule has 0 N–H and O–H groups in total. The number of methoxy groups -OCH3 is 1. The summed E-state index contributed by atoms with van der Waals surface area (Å²) in [5, 5.41) is 0. The van der Waals surface area contributed by atoms with Gasteiger partial charge in [0.25, 0.3) is 0 Å². The van der Waals surface area contributed by atoms with E-state index in [-0.39, 0.29) is 6.10 Å². The molecule has 0 heterocycles. The number of rotatable bonds is 5. The van der Waals surface area contributed by atoms with Gasteiger partial charge in [-0.2, -0.15) is 4.99 Å². The molecule has 0 aliphatic heterocycles. The summed E-state index contributed by atoms with van der Waals surface area (Å²) in [6.07, 6.45) is 6.89. The summed E-state index contributed by atoms with van der Waals surface area (Å²) in [6, 6.07) is 3.87. The number of nitrogens with zero attached hydrogens (tertiary/aromatic N) is 1. The van der Waals surface area contributed by atoms with Crippen LogP contribution in [0.15, 0.2) is 21.6 Å². The van der Waals surface area contributed by atoms with Crippen LogP contribution in [0.4, 0.5) is 0 Å². The van der Waals surface area contributed by atoms with Gasteiger partial charge in [0.15, 0.2) is 11.5 Å². The van der Waals surface area contributed by atoms with Gasteiger partial charge in [-0.15, -0.1) is 0 Å². The lowest BCUT2D eigenvalue weighted by atomic mass is 9.72. The first-order valence-corrected chi connectivity index (χ1v) is 7.61. The van der Waals surface area contributed by atoms with Crippen LogP contribution < -0.4 is 9.47 Å². The smallest absolute Gasteiger partial charge is 0.235 e. The van der Waals surface area contributed by atoms with Gasteiger partial charge in [-0.25, -0.2) is 4.79 Å². The van der Waals surface area contributed by atoms with E-state index in [4.69, 9.17) is 9.47 Å². The molecule has 20 heavy (non-hydrogen) atoms. The molecule has 2 saturated carbocycles. The van der Waals surface area contributed by atoms with E-state index in [9.17, 15) is 4.79 Å². The Morgan fingerprint density at radius 2 is 2.15 bits per heavy atom. The second kappa shape index (κ2) is 5.23. The number of hydrogen-bond donors (Lipinski definition) is 0. The Labute approximate surface area is 126 Å². The Bertz CT molecular complexity index is 573. The molecular formula is C15H16BrNO3. The Morgan fingerprint density at radius 3 is 2.65 bits per heavy atom. The maximum atomic E-state index is 10.8. The zero-order valence-electron chi connectivity index (χ0n) is 11.3. The Hall–Kier alpha value is -1.32. The van der Waals surface area contributed by atoms with Crippen LogP contribution in [-0.4, -0.2) is 19.3 Å². The van der Waals surface area contributed by atoms with Crippen LogP contribution in [0.25, 0.3) is 0 Å². The van der Waals surface area contributed by atoms with Crippen molar-refractivity contribution >= 4 is 22.0 Å². The number of hydrogen-bond acceptors (Lipinski definition) is 4. The van der Waals surface area contributed by atoms with E-state index in [0.717, 1.165) is 47.9 Å². The highest BCUT2D eigenvalue weighted by molar-refractivity contribution is 9.10. The molecule has 1 aromatic carbocycles. The first-order chi connectivity index (χ1) is 9.68. The third kappa shape index (κ3) is 2.36. The lowest BCUT2D eigenvalue weighted by molar-refractivity contribution is 0.227. The van der Waals surface area contributed by atoms with Gasteiger partial charge in [-0.3, -0.25) is 0 Å². The van der Waals surface area contributed by atoms with Crippen LogP contribution in [0, 0.1) is 0 Å². The molecule has 0 radical (unpaired) electrons. The summed E-state index contributed by atoms with van der Waals surface area (Å²) in [4.78, 5) is 14.9. The molecule has 3 rings (SSSR count). The SMILES string of the molecule is COc1cc(Br)cc(C2(N=C=O)CCC2)c1OC1CC1. The molecule has 1 aromatic rings. The molecule has 0 unspecified atom stereocenters. The summed E-state index contributed by atoms with van der Waals surface area (Å²) in [5.41, 5.74) is 0.452. The monoisotopic (exact) mass is 337 g/mol. The number of aliphatic imine (C=N–C) groups is 1. The summed E-state index contributed by atoms with van der Waals surface area (Å²) in [6.45, 7) is 0.